The summed E-state index contributed by atoms with van der Waals surface area (Å²) in [5.74, 6) is 0.0598. The average Bonchev–Trinajstić information content (AvgIpc) is 2.88. The molecule has 7 heteroatoms. The van der Waals surface area contributed by atoms with Gasteiger partial charge in [-0.15, -0.1) is 0 Å². The van der Waals surface area contributed by atoms with E-state index in [2.05, 4.69) is 20.7 Å². The number of aromatic nitrogens is 3. The van der Waals surface area contributed by atoms with E-state index in [4.69, 9.17) is 0 Å². The fourth-order valence-electron chi connectivity index (χ4n) is 3.24. The van der Waals surface area contributed by atoms with Crippen LogP contribution in [0.4, 0.5) is 0 Å². The summed E-state index contributed by atoms with van der Waals surface area (Å²) in [4.78, 5) is 28.5. The van der Waals surface area contributed by atoms with E-state index in [-0.39, 0.29) is 16.9 Å². The Morgan fingerprint density at radius 3 is 2.96 bits per heavy atom. The molecule has 0 spiro atoms. The van der Waals surface area contributed by atoms with Gasteiger partial charge in [0, 0.05) is 36.1 Å². The maximum Gasteiger partial charge on any atom is 0.266 e. The zero-order valence-electron chi connectivity index (χ0n) is 13.8. The van der Waals surface area contributed by atoms with Gasteiger partial charge >= 0.3 is 0 Å². The largest absolute Gasteiger partial charge is 0.351 e. The highest BCUT2D eigenvalue weighted by Gasteiger charge is 2.34. The van der Waals surface area contributed by atoms with E-state index in [1.165, 1.54) is 6.07 Å². The van der Waals surface area contributed by atoms with E-state index >= 15 is 0 Å². The van der Waals surface area contributed by atoms with Crippen molar-refractivity contribution in [2.45, 2.75) is 40.2 Å². The van der Waals surface area contributed by atoms with Gasteiger partial charge in [0.25, 0.3) is 5.56 Å². The Labute approximate surface area is 134 Å². The number of nitrogens with one attached hydrogen (secondary N) is 3. The Bertz CT molecular complexity index is 799. The molecular weight excluding hydrogens is 294 g/mol. The Morgan fingerprint density at radius 2 is 2.26 bits per heavy atom. The van der Waals surface area contributed by atoms with Crippen LogP contribution >= 0.6 is 0 Å². The number of amides is 1. The van der Waals surface area contributed by atoms with Crippen LogP contribution in [0.15, 0.2) is 10.9 Å². The maximum absolute atomic E-state index is 12.5. The summed E-state index contributed by atoms with van der Waals surface area (Å²) >= 11 is 0. The lowest BCUT2D eigenvalue weighted by Gasteiger charge is -2.32. The molecule has 0 bridgehead atoms. The van der Waals surface area contributed by atoms with Crippen molar-refractivity contribution in [3.8, 4) is 0 Å². The number of aromatic amines is 1. The van der Waals surface area contributed by atoms with Crippen molar-refractivity contribution < 1.29 is 4.79 Å². The van der Waals surface area contributed by atoms with E-state index in [0.717, 1.165) is 36.3 Å². The molecule has 0 radical (unpaired) electrons. The second-order valence-corrected chi connectivity index (χ2v) is 6.60. The highest BCUT2D eigenvalue weighted by Crippen LogP contribution is 2.25. The minimum Gasteiger partial charge on any atom is -0.351 e. The number of carbonyl (C=O) groups is 1. The summed E-state index contributed by atoms with van der Waals surface area (Å²) in [7, 11) is 0. The van der Waals surface area contributed by atoms with E-state index in [9.17, 15) is 9.59 Å². The van der Waals surface area contributed by atoms with Crippen LogP contribution < -0.4 is 16.2 Å². The van der Waals surface area contributed by atoms with Crippen LogP contribution in [-0.4, -0.2) is 33.6 Å². The van der Waals surface area contributed by atoms with Crippen molar-refractivity contribution in [2.24, 2.45) is 5.41 Å². The molecule has 0 aliphatic carbocycles. The summed E-state index contributed by atoms with van der Waals surface area (Å²) in [5.41, 5.74) is 2.71. The lowest BCUT2D eigenvalue weighted by atomic mass is 9.82. The quantitative estimate of drug-likeness (QED) is 0.775. The molecule has 0 aromatic carbocycles. The van der Waals surface area contributed by atoms with Crippen molar-refractivity contribution in [2.75, 3.05) is 13.1 Å². The molecule has 1 aliphatic rings. The number of carbonyl (C=O) groups excluding carboxylic acids is 1. The molecule has 1 aliphatic heterocycles. The summed E-state index contributed by atoms with van der Waals surface area (Å²) < 4.78 is 1.67. The predicted molar refractivity (Wildman–Crippen MR) is 87.3 cm³/mol. The fourth-order valence-corrected chi connectivity index (χ4v) is 3.24. The second kappa shape index (κ2) is 5.81. The third-order valence-electron chi connectivity index (χ3n) is 4.77. The van der Waals surface area contributed by atoms with Gasteiger partial charge in [0.2, 0.25) is 5.91 Å². The Kier molecular flexibility index (Phi) is 3.97. The zero-order chi connectivity index (χ0) is 16.6. The van der Waals surface area contributed by atoms with E-state index in [1.54, 1.807) is 4.52 Å². The first-order valence-electron chi connectivity index (χ1n) is 7.97. The molecule has 1 saturated heterocycles. The van der Waals surface area contributed by atoms with Crippen molar-refractivity contribution >= 4 is 11.6 Å². The predicted octanol–water partition coefficient (Wildman–Crippen LogP) is 0.645. The summed E-state index contributed by atoms with van der Waals surface area (Å²) in [5, 5.41) is 9.05. The van der Waals surface area contributed by atoms with Crippen LogP contribution in [0, 0.1) is 19.3 Å². The first-order valence-corrected chi connectivity index (χ1v) is 7.97. The molecule has 0 saturated carbocycles. The molecule has 1 atom stereocenters. The molecule has 3 N–H and O–H groups in total. The lowest BCUT2D eigenvalue weighted by Crippen LogP contribution is -2.48. The van der Waals surface area contributed by atoms with Gasteiger partial charge < -0.3 is 10.6 Å². The van der Waals surface area contributed by atoms with Crippen LogP contribution in [0.1, 0.15) is 36.7 Å². The molecule has 2 aromatic heterocycles. The molecule has 1 fully saturated rings. The Hall–Kier alpha value is -2.15. The third-order valence-corrected chi connectivity index (χ3v) is 4.77. The van der Waals surface area contributed by atoms with Gasteiger partial charge in [0.1, 0.15) is 0 Å². The van der Waals surface area contributed by atoms with Gasteiger partial charge in [-0.25, -0.2) is 9.50 Å². The highest BCUT2D eigenvalue weighted by atomic mass is 16.2. The van der Waals surface area contributed by atoms with Crippen molar-refractivity contribution in [3.05, 3.63) is 33.4 Å². The molecular formula is C16H23N5O2. The Balaban J connectivity index is 1.81. The number of nitrogens with zero attached hydrogens (tertiary/aromatic N) is 2. The van der Waals surface area contributed by atoms with Crippen LogP contribution in [0.3, 0.4) is 0 Å². The number of H-pyrrole nitrogens is 1. The summed E-state index contributed by atoms with van der Waals surface area (Å²) in [6.07, 6.45) is 1.91. The van der Waals surface area contributed by atoms with Crippen molar-refractivity contribution in [3.63, 3.8) is 0 Å². The van der Waals surface area contributed by atoms with Crippen molar-refractivity contribution in [1.82, 2.24) is 25.2 Å². The normalized spacial score (nSPS) is 21.5. The van der Waals surface area contributed by atoms with Crippen molar-refractivity contribution in [1.29, 1.82) is 0 Å². The van der Waals surface area contributed by atoms with Gasteiger partial charge in [-0.3, -0.25) is 14.7 Å². The lowest BCUT2D eigenvalue weighted by molar-refractivity contribution is -0.131. The number of fused-ring (bicyclic) bond motifs is 1. The molecule has 0 unspecified atom stereocenters. The first-order chi connectivity index (χ1) is 10.9. The average molecular weight is 317 g/mol. The highest BCUT2D eigenvalue weighted by molar-refractivity contribution is 5.82. The van der Waals surface area contributed by atoms with Crippen LogP contribution in [0.2, 0.25) is 0 Å². The smallest absolute Gasteiger partial charge is 0.266 e. The standard InChI is InChI=1S/C16H23N5O2/c1-10-12(11(2)21-13(19-10)7-14(22)20-21)8-18-15(23)16(3)5-4-6-17-9-16/h7,17H,4-6,8-9H2,1-3H3,(H,18,23)(H,20,22)/t16-/m1/s1. The number of piperidine rings is 1. The van der Waals surface area contributed by atoms with Gasteiger partial charge in [0.05, 0.1) is 5.41 Å². The Morgan fingerprint density at radius 1 is 1.48 bits per heavy atom. The van der Waals surface area contributed by atoms with Gasteiger partial charge in [0.15, 0.2) is 5.65 Å². The third kappa shape index (κ3) is 2.88. The summed E-state index contributed by atoms with van der Waals surface area (Å²) in [6, 6.07) is 1.47. The second-order valence-electron chi connectivity index (χ2n) is 6.60. The minimum absolute atomic E-state index is 0.0598. The fraction of sp³-hybridized carbons (Fsp3) is 0.562. The molecule has 2 aromatic rings. The van der Waals surface area contributed by atoms with Gasteiger partial charge in [-0.1, -0.05) is 0 Å². The van der Waals surface area contributed by atoms with Gasteiger partial charge in [-0.2, -0.15) is 0 Å². The maximum atomic E-state index is 12.5. The van der Waals surface area contributed by atoms with Crippen LogP contribution in [0.5, 0.6) is 0 Å². The van der Waals surface area contributed by atoms with Crippen LogP contribution in [0.25, 0.3) is 5.65 Å². The zero-order valence-corrected chi connectivity index (χ0v) is 13.8. The van der Waals surface area contributed by atoms with E-state index in [0.29, 0.717) is 18.7 Å². The number of aryl methyl sites for hydroxylation is 2. The number of hydrogen-bond donors (Lipinski definition) is 3. The molecule has 7 nitrogen and oxygen atoms in total. The summed E-state index contributed by atoms with van der Waals surface area (Å²) in [6.45, 7) is 7.91. The topological polar surface area (TPSA) is 91.3 Å². The molecule has 23 heavy (non-hydrogen) atoms. The minimum atomic E-state index is -0.362. The first kappa shape index (κ1) is 15.7. The van der Waals surface area contributed by atoms with Gasteiger partial charge in [-0.05, 0) is 40.2 Å². The van der Waals surface area contributed by atoms with E-state index < -0.39 is 0 Å². The molecule has 3 rings (SSSR count). The number of hydrogen-bond acceptors (Lipinski definition) is 4. The molecule has 124 valence electrons. The number of rotatable bonds is 3. The molecule has 3 heterocycles. The SMILES string of the molecule is Cc1nc2cc(=O)[nH]n2c(C)c1CNC(=O)[C@]1(C)CCCNC1. The molecule has 1 amide bonds. The monoisotopic (exact) mass is 317 g/mol. The van der Waals surface area contributed by atoms with E-state index in [1.807, 2.05) is 20.8 Å². The van der Waals surface area contributed by atoms with Crippen LogP contribution in [-0.2, 0) is 11.3 Å².